The molecule has 0 radical (unpaired) electrons. The Balaban J connectivity index is 2.73. The number of rotatable bonds is 1. The molecular formula is C9H20N2O. The Labute approximate surface area is 74.1 Å². The monoisotopic (exact) mass is 172 g/mol. The van der Waals surface area contributed by atoms with Crippen molar-refractivity contribution in [1.29, 1.82) is 0 Å². The van der Waals surface area contributed by atoms with Crippen molar-refractivity contribution in [3.63, 3.8) is 0 Å². The molecule has 1 aliphatic rings. The van der Waals surface area contributed by atoms with Crippen LogP contribution in [0, 0.1) is 5.41 Å². The summed E-state index contributed by atoms with van der Waals surface area (Å²) < 4.78 is 0. The third kappa shape index (κ3) is 1.49. The molecule has 1 rings (SSSR count). The minimum Gasteiger partial charge on any atom is -0.392 e. The Bertz CT molecular complexity index is 149. The van der Waals surface area contributed by atoms with E-state index in [1.165, 1.54) is 0 Å². The second kappa shape index (κ2) is 3.32. The van der Waals surface area contributed by atoms with Crippen LogP contribution < -0.4 is 11.5 Å². The van der Waals surface area contributed by atoms with Crippen LogP contribution in [0.15, 0.2) is 0 Å². The molecule has 1 fully saturated rings. The van der Waals surface area contributed by atoms with Crippen molar-refractivity contribution in [3.8, 4) is 0 Å². The summed E-state index contributed by atoms with van der Waals surface area (Å²) in [5, 5.41) is 9.81. The smallest absolute Gasteiger partial charge is 0.0623 e. The Morgan fingerprint density at radius 2 is 2.00 bits per heavy atom. The molecule has 0 spiro atoms. The lowest BCUT2D eigenvalue weighted by molar-refractivity contribution is -0.0226. The highest BCUT2D eigenvalue weighted by atomic mass is 16.3. The topological polar surface area (TPSA) is 72.3 Å². The first-order valence-electron chi connectivity index (χ1n) is 4.70. The van der Waals surface area contributed by atoms with E-state index in [2.05, 4.69) is 6.92 Å². The minimum atomic E-state index is -0.332. The zero-order chi connectivity index (χ0) is 9.35. The highest BCUT2D eigenvalue weighted by Gasteiger charge is 2.42. The Hall–Kier alpha value is -0.120. The quantitative estimate of drug-likeness (QED) is 0.529. The van der Waals surface area contributed by atoms with E-state index in [0.717, 1.165) is 12.8 Å². The van der Waals surface area contributed by atoms with E-state index < -0.39 is 0 Å². The van der Waals surface area contributed by atoms with Crippen molar-refractivity contribution in [2.24, 2.45) is 16.9 Å². The molecule has 72 valence electrons. The molecule has 0 aromatic rings. The molecule has 0 saturated heterocycles. The summed E-state index contributed by atoms with van der Waals surface area (Å²) in [5.41, 5.74) is 11.6. The molecule has 0 aromatic heterocycles. The van der Waals surface area contributed by atoms with Gasteiger partial charge in [-0.25, -0.2) is 0 Å². The van der Waals surface area contributed by atoms with Crippen LogP contribution in [0.5, 0.6) is 0 Å². The van der Waals surface area contributed by atoms with Crippen molar-refractivity contribution < 1.29 is 5.11 Å². The third-order valence-electron chi connectivity index (χ3n) is 3.45. The van der Waals surface area contributed by atoms with Crippen LogP contribution in [0.2, 0.25) is 0 Å². The van der Waals surface area contributed by atoms with Crippen LogP contribution in [0.25, 0.3) is 0 Å². The fraction of sp³-hybridized carbons (Fsp3) is 1.00. The van der Waals surface area contributed by atoms with E-state index in [1.54, 1.807) is 0 Å². The maximum atomic E-state index is 9.81. The number of nitrogens with two attached hydrogens (primary N) is 2. The second-order valence-electron chi connectivity index (χ2n) is 4.21. The van der Waals surface area contributed by atoms with E-state index in [9.17, 15) is 5.11 Å². The van der Waals surface area contributed by atoms with Gasteiger partial charge in [0.1, 0.15) is 0 Å². The summed E-state index contributed by atoms with van der Waals surface area (Å²) in [6.07, 6.45) is 2.11. The van der Waals surface area contributed by atoms with Crippen LogP contribution in [-0.4, -0.2) is 23.3 Å². The lowest BCUT2D eigenvalue weighted by Crippen LogP contribution is -2.55. The molecule has 0 heterocycles. The molecule has 12 heavy (non-hydrogen) atoms. The zero-order valence-corrected chi connectivity index (χ0v) is 7.96. The average Bonchev–Trinajstić information content (AvgIpc) is 2.00. The van der Waals surface area contributed by atoms with Crippen LogP contribution >= 0.6 is 0 Å². The first-order chi connectivity index (χ1) is 5.50. The third-order valence-corrected chi connectivity index (χ3v) is 3.45. The molecule has 1 aliphatic carbocycles. The minimum absolute atomic E-state index is 0.0428. The van der Waals surface area contributed by atoms with Crippen molar-refractivity contribution in [3.05, 3.63) is 0 Å². The second-order valence-corrected chi connectivity index (χ2v) is 4.21. The molecule has 0 amide bonds. The highest BCUT2D eigenvalue weighted by molar-refractivity contribution is 4.98. The summed E-state index contributed by atoms with van der Waals surface area (Å²) >= 11 is 0. The maximum absolute atomic E-state index is 9.81. The molecule has 0 aromatic carbocycles. The Kier molecular flexibility index (Phi) is 2.76. The molecule has 0 aliphatic heterocycles. The van der Waals surface area contributed by atoms with Gasteiger partial charge >= 0.3 is 0 Å². The molecular weight excluding hydrogens is 152 g/mol. The summed E-state index contributed by atoms with van der Waals surface area (Å²) in [6, 6.07) is 0.121. The van der Waals surface area contributed by atoms with Gasteiger partial charge in [0.05, 0.1) is 6.10 Å². The lowest BCUT2D eigenvalue weighted by atomic mass is 9.67. The number of hydrogen-bond acceptors (Lipinski definition) is 3. The van der Waals surface area contributed by atoms with Crippen molar-refractivity contribution in [1.82, 2.24) is 0 Å². The fourth-order valence-electron chi connectivity index (χ4n) is 1.99. The first-order valence-corrected chi connectivity index (χ1v) is 4.70. The molecule has 3 heteroatoms. The van der Waals surface area contributed by atoms with Gasteiger partial charge in [0.25, 0.3) is 0 Å². The van der Waals surface area contributed by atoms with Gasteiger partial charge in [-0.05, 0) is 19.3 Å². The van der Waals surface area contributed by atoms with Crippen LogP contribution in [0.3, 0.4) is 0 Å². The molecule has 4 atom stereocenters. The molecule has 1 saturated carbocycles. The fourth-order valence-corrected chi connectivity index (χ4v) is 1.99. The van der Waals surface area contributed by atoms with Gasteiger partial charge in [-0.15, -0.1) is 0 Å². The van der Waals surface area contributed by atoms with Crippen LogP contribution in [0.1, 0.15) is 33.1 Å². The van der Waals surface area contributed by atoms with Gasteiger partial charge in [-0.2, -0.15) is 0 Å². The van der Waals surface area contributed by atoms with E-state index >= 15 is 0 Å². The van der Waals surface area contributed by atoms with Gasteiger partial charge < -0.3 is 16.6 Å². The van der Waals surface area contributed by atoms with Gasteiger partial charge in [0.2, 0.25) is 0 Å². The largest absolute Gasteiger partial charge is 0.392 e. The number of aliphatic hydroxyl groups excluding tert-OH is 1. The van der Waals surface area contributed by atoms with Crippen molar-refractivity contribution in [2.45, 2.75) is 51.3 Å². The van der Waals surface area contributed by atoms with E-state index in [4.69, 9.17) is 11.5 Å². The first kappa shape index (κ1) is 9.96. The van der Waals surface area contributed by atoms with Crippen LogP contribution in [-0.2, 0) is 0 Å². The predicted molar refractivity (Wildman–Crippen MR) is 49.6 cm³/mol. The normalized spacial score (nSPS) is 49.2. The van der Waals surface area contributed by atoms with E-state index in [0.29, 0.717) is 6.42 Å². The van der Waals surface area contributed by atoms with Gasteiger partial charge in [-0.1, -0.05) is 13.8 Å². The SMILES string of the molecule is CCC1(C)[C@H](O)C[C@H](N)C[C@@H]1N. The summed E-state index contributed by atoms with van der Waals surface area (Å²) in [7, 11) is 0. The van der Waals surface area contributed by atoms with Crippen molar-refractivity contribution >= 4 is 0 Å². The summed E-state index contributed by atoms with van der Waals surface area (Å²) in [6.45, 7) is 4.12. The average molecular weight is 172 g/mol. The van der Waals surface area contributed by atoms with Gasteiger partial charge in [-0.3, -0.25) is 0 Å². The maximum Gasteiger partial charge on any atom is 0.0623 e. The van der Waals surface area contributed by atoms with Crippen molar-refractivity contribution in [2.75, 3.05) is 0 Å². The van der Waals surface area contributed by atoms with E-state index in [1.807, 2.05) is 6.92 Å². The zero-order valence-electron chi connectivity index (χ0n) is 7.96. The highest BCUT2D eigenvalue weighted by Crippen LogP contribution is 2.37. The predicted octanol–water partition coefficient (Wildman–Crippen LogP) is 0.212. The summed E-state index contributed by atoms with van der Waals surface area (Å²) in [4.78, 5) is 0. The lowest BCUT2D eigenvalue weighted by Gasteiger charge is -2.45. The molecule has 1 unspecified atom stereocenters. The van der Waals surface area contributed by atoms with E-state index in [-0.39, 0.29) is 23.6 Å². The molecule has 3 nitrogen and oxygen atoms in total. The Morgan fingerprint density at radius 3 is 2.42 bits per heavy atom. The van der Waals surface area contributed by atoms with Gasteiger partial charge in [0, 0.05) is 17.5 Å². The van der Waals surface area contributed by atoms with Gasteiger partial charge in [0.15, 0.2) is 0 Å². The number of aliphatic hydroxyl groups is 1. The summed E-state index contributed by atoms with van der Waals surface area (Å²) in [5.74, 6) is 0. The molecule has 0 bridgehead atoms. The Morgan fingerprint density at radius 1 is 1.42 bits per heavy atom. The standard InChI is InChI=1S/C9H20N2O/c1-3-9(2)7(11)4-6(10)5-8(9)12/h6-8,12H,3-5,10-11H2,1-2H3/t6-,7+,8-,9?/m1/s1. The molecule has 5 N–H and O–H groups in total. The number of hydrogen-bond donors (Lipinski definition) is 3. The van der Waals surface area contributed by atoms with Crippen LogP contribution in [0.4, 0.5) is 0 Å².